The van der Waals surface area contributed by atoms with Crippen LogP contribution in [0.4, 0.5) is 4.79 Å². The number of phenolic OH excluding ortho intramolecular Hbond substituents is 1. The Morgan fingerprint density at radius 1 is 1.15 bits per heavy atom. The Morgan fingerprint density at radius 3 is 2.26 bits per heavy atom. The molecule has 0 saturated carbocycles. The topological polar surface area (TPSA) is 108 Å². The number of unbranched alkanes of at least 4 members (excludes halogenated alkanes) is 2. The molecular weight excluding hydrogens is 434 g/mol. The molecule has 8 nitrogen and oxygen atoms in total. The predicted octanol–water partition coefficient (Wildman–Crippen LogP) is 4.30. The fourth-order valence-corrected chi connectivity index (χ4v) is 3.40. The number of rotatable bonds is 12. The van der Waals surface area contributed by atoms with Crippen LogP contribution in [0.5, 0.6) is 5.75 Å². The Kier molecular flexibility index (Phi) is 11.6. The molecule has 2 atom stereocenters. The molecule has 0 aliphatic heterocycles. The largest absolute Gasteiger partial charge is 0.508 e. The van der Waals surface area contributed by atoms with Crippen LogP contribution in [-0.2, 0) is 14.3 Å². The molecule has 3 N–H and O–H groups in total. The minimum absolute atomic E-state index is 0.0547. The zero-order valence-electron chi connectivity index (χ0n) is 21.4. The number of amides is 3. The first-order chi connectivity index (χ1) is 15.9. The average Bonchev–Trinajstić information content (AvgIpc) is 2.74. The second-order valence-corrected chi connectivity index (χ2v) is 9.64. The first-order valence-corrected chi connectivity index (χ1v) is 11.9. The smallest absolute Gasteiger partial charge is 0.408 e. The fraction of sp³-hybridized carbons (Fsp3) is 0.577. The zero-order chi connectivity index (χ0) is 25.9. The Balaban J connectivity index is 3.31. The van der Waals surface area contributed by atoms with Crippen molar-refractivity contribution in [2.24, 2.45) is 5.92 Å². The lowest BCUT2D eigenvalue weighted by molar-refractivity contribution is -0.142. The van der Waals surface area contributed by atoms with E-state index in [1.807, 2.05) is 13.8 Å². The number of alkyl carbamates (subject to hydrolysis) is 1. The van der Waals surface area contributed by atoms with Crippen LogP contribution in [-0.4, -0.2) is 52.6 Å². The number of benzene rings is 1. The summed E-state index contributed by atoms with van der Waals surface area (Å²) in [6.45, 7) is 15.3. The van der Waals surface area contributed by atoms with Crippen LogP contribution in [0.1, 0.15) is 72.4 Å². The first-order valence-electron chi connectivity index (χ1n) is 11.9. The molecule has 1 aromatic rings. The molecule has 0 saturated heterocycles. The van der Waals surface area contributed by atoms with E-state index < -0.39 is 29.7 Å². The maximum absolute atomic E-state index is 13.7. The van der Waals surface area contributed by atoms with E-state index in [0.717, 1.165) is 19.3 Å². The Labute approximate surface area is 203 Å². The van der Waals surface area contributed by atoms with Gasteiger partial charge in [0.15, 0.2) is 0 Å². The summed E-state index contributed by atoms with van der Waals surface area (Å²) in [7, 11) is 0. The summed E-state index contributed by atoms with van der Waals surface area (Å²) < 4.78 is 5.34. The van der Waals surface area contributed by atoms with Gasteiger partial charge in [-0.05, 0) is 50.8 Å². The number of aromatic hydroxyl groups is 1. The van der Waals surface area contributed by atoms with Crippen molar-refractivity contribution in [3.05, 3.63) is 42.5 Å². The lowest BCUT2D eigenvalue weighted by Gasteiger charge is -2.35. The van der Waals surface area contributed by atoms with Crippen molar-refractivity contribution in [3.63, 3.8) is 0 Å². The van der Waals surface area contributed by atoms with Gasteiger partial charge in [0.2, 0.25) is 11.8 Å². The van der Waals surface area contributed by atoms with Crippen LogP contribution in [0.2, 0.25) is 0 Å². The Morgan fingerprint density at radius 2 is 1.76 bits per heavy atom. The van der Waals surface area contributed by atoms with Crippen molar-refractivity contribution in [3.8, 4) is 5.75 Å². The summed E-state index contributed by atoms with van der Waals surface area (Å²) in [5, 5.41) is 15.3. The average molecular weight is 476 g/mol. The number of hydrogen-bond donors (Lipinski definition) is 3. The maximum Gasteiger partial charge on any atom is 0.408 e. The first kappa shape index (κ1) is 29.0. The standard InChI is InChI=1S/C26H41N3O5/c1-8-10-11-16-27-23(31)22(19-12-14-20(30)15-13-19)29(17-9-2)24(32)21(18(3)4)28-25(33)34-26(5,6)7/h9,12-15,18,21-22,30H,2,8,10-11,16-17H2,1,3-7H3,(H,27,31)(H,28,33). The highest BCUT2D eigenvalue weighted by atomic mass is 16.6. The minimum Gasteiger partial charge on any atom is -0.508 e. The van der Waals surface area contributed by atoms with Gasteiger partial charge in [-0.1, -0.05) is 51.8 Å². The molecule has 0 radical (unpaired) electrons. The highest BCUT2D eigenvalue weighted by Gasteiger charge is 2.36. The molecule has 1 rings (SSSR count). The zero-order valence-corrected chi connectivity index (χ0v) is 21.4. The second kappa shape index (κ2) is 13.6. The fourth-order valence-electron chi connectivity index (χ4n) is 3.40. The SMILES string of the molecule is C=CCN(C(=O)C(NC(=O)OC(C)(C)C)C(C)C)C(C(=O)NCCCCC)c1ccc(O)cc1. The summed E-state index contributed by atoms with van der Waals surface area (Å²) >= 11 is 0. The van der Waals surface area contributed by atoms with Gasteiger partial charge in [-0.15, -0.1) is 6.58 Å². The number of nitrogens with one attached hydrogen (secondary N) is 2. The number of carbonyl (C=O) groups excluding carboxylic acids is 3. The monoisotopic (exact) mass is 475 g/mol. The van der Waals surface area contributed by atoms with Crippen LogP contribution in [0, 0.1) is 5.92 Å². The third kappa shape index (κ3) is 9.45. The predicted molar refractivity (Wildman–Crippen MR) is 133 cm³/mol. The number of phenols is 1. The molecule has 0 aliphatic rings. The second-order valence-electron chi connectivity index (χ2n) is 9.64. The molecule has 0 aliphatic carbocycles. The van der Waals surface area contributed by atoms with E-state index in [9.17, 15) is 19.5 Å². The molecule has 190 valence electrons. The van der Waals surface area contributed by atoms with E-state index >= 15 is 0 Å². The third-order valence-electron chi connectivity index (χ3n) is 5.06. The molecule has 3 amide bonds. The quantitative estimate of drug-likeness (QED) is 0.308. The summed E-state index contributed by atoms with van der Waals surface area (Å²) in [5.41, 5.74) is -0.177. The molecule has 0 spiro atoms. The molecule has 1 aromatic carbocycles. The lowest BCUT2D eigenvalue weighted by atomic mass is 9.98. The van der Waals surface area contributed by atoms with Crippen molar-refractivity contribution in [2.75, 3.05) is 13.1 Å². The van der Waals surface area contributed by atoms with Gasteiger partial charge < -0.3 is 25.4 Å². The Bertz CT molecular complexity index is 815. The van der Waals surface area contributed by atoms with Crippen molar-refractivity contribution >= 4 is 17.9 Å². The van der Waals surface area contributed by atoms with Crippen molar-refractivity contribution in [1.29, 1.82) is 0 Å². The van der Waals surface area contributed by atoms with Gasteiger partial charge in [0.1, 0.15) is 23.4 Å². The van der Waals surface area contributed by atoms with Gasteiger partial charge in [0, 0.05) is 13.1 Å². The molecule has 8 heteroatoms. The molecule has 0 heterocycles. The minimum atomic E-state index is -0.964. The van der Waals surface area contributed by atoms with Crippen LogP contribution in [0.15, 0.2) is 36.9 Å². The lowest BCUT2D eigenvalue weighted by Crippen LogP contribution is -2.55. The highest BCUT2D eigenvalue weighted by Crippen LogP contribution is 2.25. The van der Waals surface area contributed by atoms with Gasteiger partial charge in [-0.3, -0.25) is 9.59 Å². The maximum atomic E-state index is 13.7. The van der Waals surface area contributed by atoms with E-state index in [4.69, 9.17) is 4.74 Å². The van der Waals surface area contributed by atoms with E-state index in [-0.39, 0.29) is 24.1 Å². The normalized spacial score (nSPS) is 13.0. The van der Waals surface area contributed by atoms with Gasteiger partial charge in [0.05, 0.1) is 0 Å². The van der Waals surface area contributed by atoms with E-state index in [1.54, 1.807) is 39.0 Å². The van der Waals surface area contributed by atoms with E-state index in [2.05, 4.69) is 24.1 Å². The number of nitrogens with zero attached hydrogens (tertiary/aromatic N) is 1. The molecule has 34 heavy (non-hydrogen) atoms. The van der Waals surface area contributed by atoms with Crippen molar-refractivity contribution in [2.45, 2.75) is 78.5 Å². The van der Waals surface area contributed by atoms with E-state index in [1.165, 1.54) is 17.0 Å². The van der Waals surface area contributed by atoms with E-state index in [0.29, 0.717) is 12.1 Å². The summed E-state index contributed by atoms with van der Waals surface area (Å²) in [6, 6.07) is 4.29. The molecule has 0 fully saturated rings. The molecular formula is C26H41N3O5. The third-order valence-corrected chi connectivity index (χ3v) is 5.06. The summed E-state index contributed by atoms with van der Waals surface area (Å²) in [6.07, 6.45) is 3.66. The molecule has 0 bridgehead atoms. The van der Waals surface area contributed by atoms with Crippen LogP contribution >= 0.6 is 0 Å². The summed E-state index contributed by atoms with van der Waals surface area (Å²) in [4.78, 5) is 40.9. The van der Waals surface area contributed by atoms with Gasteiger partial charge >= 0.3 is 6.09 Å². The van der Waals surface area contributed by atoms with Crippen LogP contribution in [0.25, 0.3) is 0 Å². The number of carbonyl (C=O) groups is 3. The van der Waals surface area contributed by atoms with Gasteiger partial charge in [-0.2, -0.15) is 0 Å². The van der Waals surface area contributed by atoms with Crippen molar-refractivity contribution < 1.29 is 24.2 Å². The van der Waals surface area contributed by atoms with Gasteiger partial charge in [-0.25, -0.2) is 4.79 Å². The number of hydrogen-bond acceptors (Lipinski definition) is 5. The molecule has 0 aromatic heterocycles. The molecule has 2 unspecified atom stereocenters. The van der Waals surface area contributed by atoms with Crippen LogP contribution in [0.3, 0.4) is 0 Å². The van der Waals surface area contributed by atoms with Crippen LogP contribution < -0.4 is 10.6 Å². The highest BCUT2D eigenvalue weighted by molar-refractivity contribution is 5.92. The summed E-state index contributed by atoms with van der Waals surface area (Å²) in [5.74, 6) is -0.973. The Hall–Kier alpha value is -3.03. The van der Waals surface area contributed by atoms with Gasteiger partial charge in [0.25, 0.3) is 0 Å². The number of ether oxygens (including phenoxy) is 1. The van der Waals surface area contributed by atoms with Crippen molar-refractivity contribution in [1.82, 2.24) is 15.5 Å².